The Labute approximate surface area is 189 Å². The van der Waals surface area contributed by atoms with Crippen molar-refractivity contribution in [3.8, 4) is 11.5 Å². The molecule has 0 aliphatic carbocycles. The molecule has 0 amide bonds. The summed E-state index contributed by atoms with van der Waals surface area (Å²) in [6.45, 7) is 0.755. The molecule has 2 N–H and O–H groups in total. The number of hydrogen-bond acceptors (Lipinski definition) is 5. The van der Waals surface area contributed by atoms with Gasteiger partial charge in [-0.15, -0.1) is 13.2 Å². The first kappa shape index (κ1) is 22.3. The molecular weight excluding hydrogens is 431 g/mol. The van der Waals surface area contributed by atoms with Crippen molar-refractivity contribution in [2.75, 3.05) is 17.7 Å². The van der Waals surface area contributed by atoms with Gasteiger partial charge >= 0.3 is 6.36 Å². The standard InChI is InChI=1S/C25H22F3N3O2/c1-32-22-8-4-2-6-18(22)16-30-24-13-10-17-14-20(11-12-21(17)31-24)29-15-19-7-3-5-9-23(19)33-25(26,27)28/h2-14,29H,15-16H2,1H3,(H,30,31). The molecule has 0 saturated heterocycles. The number of para-hydroxylation sites is 2. The summed E-state index contributed by atoms with van der Waals surface area (Å²) in [6.07, 6.45) is -4.73. The molecule has 33 heavy (non-hydrogen) atoms. The number of rotatable bonds is 8. The second-order valence-corrected chi connectivity index (χ2v) is 7.28. The van der Waals surface area contributed by atoms with E-state index >= 15 is 0 Å². The van der Waals surface area contributed by atoms with Gasteiger partial charge in [-0.25, -0.2) is 4.98 Å². The quantitative estimate of drug-likeness (QED) is 0.325. The lowest BCUT2D eigenvalue weighted by atomic mass is 10.1. The molecule has 0 bridgehead atoms. The molecule has 0 unspecified atom stereocenters. The Morgan fingerprint density at radius 3 is 2.18 bits per heavy atom. The number of nitrogens with zero attached hydrogens (tertiary/aromatic N) is 1. The minimum absolute atomic E-state index is 0.184. The second kappa shape index (κ2) is 9.68. The third-order valence-electron chi connectivity index (χ3n) is 5.02. The lowest BCUT2D eigenvalue weighted by Gasteiger charge is -2.14. The van der Waals surface area contributed by atoms with Crippen molar-refractivity contribution in [3.05, 3.63) is 90.0 Å². The summed E-state index contributed by atoms with van der Waals surface area (Å²) in [5.41, 5.74) is 2.99. The Bertz CT molecular complexity index is 1240. The lowest BCUT2D eigenvalue weighted by molar-refractivity contribution is -0.274. The average molecular weight is 453 g/mol. The first-order chi connectivity index (χ1) is 15.9. The van der Waals surface area contributed by atoms with Crippen LogP contribution in [0.25, 0.3) is 10.9 Å². The summed E-state index contributed by atoms with van der Waals surface area (Å²) in [5, 5.41) is 7.36. The molecule has 1 heterocycles. The maximum atomic E-state index is 12.6. The van der Waals surface area contributed by atoms with Crippen molar-refractivity contribution < 1.29 is 22.6 Å². The lowest BCUT2D eigenvalue weighted by Crippen LogP contribution is -2.18. The number of hydrogen-bond donors (Lipinski definition) is 2. The van der Waals surface area contributed by atoms with E-state index in [0.29, 0.717) is 12.1 Å². The summed E-state index contributed by atoms with van der Waals surface area (Å²) in [5.74, 6) is 1.32. The number of aromatic nitrogens is 1. The van der Waals surface area contributed by atoms with Crippen LogP contribution in [-0.2, 0) is 13.1 Å². The summed E-state index contributed by atoms with van der Waals surface area (Å²) < 4.78 is 47.3. The van der Waals surface area contributed by atoms with Crippen LogP contribution in [-0.4, -0.2) is 18.5 Å². The fourth-order valence-electron chi connectivity index (χ4n) is 3.44. The first-order valence-electron chi connectivity index (χ1n) is 10.3. The van der Waals surface area contributed by atoms with E-state index in [0.717, 1.165) is 33.7 Å². The van der Waals surface area contributed by atoms with Crippen molar-refractivity contribution in [1.82, 2.24) is 4.98 Å². The van der Waals surface area contributed by atoms with Crippen LogP contribution in [0.2, 0.25) is 0 Å². The Morgan fingerprint density at radius 1 is 0.788 bits per heavy atom. The topological polar surface area (TPSA) is 55.4 Å². The first-order valence-corrected chi connectivity index (χ1v) is 10.3. The monoisotopic (exact) mass is 453 g/mol. The molecule has 0 aliphatic rings. The van der Waals surface area contributed by atoms with Gasteiger partial charge in [0.25, 0.3) is 0 Å². The fourth-order valence-corrected chi connectivity index (χ4v) is 3.44. The van der Waals surface area contributed by atoms with Crippen LogP contribution in [0.5, 0.6) is 11.5 Å². The Morgan fingerprint density at radius 2 is 1.45 bits per heavy atom. The molecule has 0 saturated carbocycles. The van der Waals surface area contributed by atoms with Gasteiger partial charge in [-0.05, 0) is 42.5 Å². The maximum Gasteiger partial charge on any atom is 0.573 e. The van der Waals surface area contributed by atoms with Gasteiger partial charge in [0.15, 0.2) is 0 Å². The molecular formula is C25H22F3N3O2. The maximum absolute atomic E-state index is 12.6. The summed E-state index contributed by atoms with van der Waals surface area (Å²) in [4.78, 5) is 4.63. The molecule has 4 rings (SSSR count). The molecule has 4 aromatic rings. The van der Waals surface area contributed by atoms with Crippen molar-refractivity contribution in [3.63, 3.8) is 0 Å². The molecule has 0 radical (unpaired) electrons. The molecule has 0 spiro atoms. The normalized spacial score (nSPS) is 11.3. The largest absolute Gasteiger partial charge is 0.573 e. The zero-order valence-corrected chi connectivity index (χ0v) is 17.8. The smallest absolute Gasteiger partial charge is 0.496 e. The molecule has 170 valence electrons. The number of ether oxygens (including phenoxy) is 2. The van der Waals surface area contributed by atoms with Gasteiger partial charge < -0.3 is 20.1 Å². The van der Waals surface area contributed by atoms with Gasteiger partial charge in [-0.2, -0.15) is 0 Å². The number of nitrogens with one attached hydrogen (secondary N) is 2. The van der Waals surface area contributed by atoms with E-state index in [2.05, 4.69) is 20.4 Å². The van der Waals surface area contributed by atoms with Crippen LogP contribution >= 0.6 is 0 Å². The van der Waals surface area contributed by atoms with Gasteiger partial charge in [0.2, 0.25) is 0 Å². The third kappa shape index (κ3) is 5.85. The highest BCUT2D eigenvalue weighted by Crippen LogP contribution is 2.27. The van der Waals surface area contributed by atoms with Gasteiger partial charge in [-0.3, -0.25) is 0 Å². The zero-order valence-electron chi connectivity index (χ0n) is 17.8. The SMILES string of the molecule is COc1ccccc1CNc1ccc2cc(NCc3ccccc3OC(F)(F)F)ccc2n1. The Hall–Kier alpha value is -3.94. The van der Waals surface area contributed by atoms with Crippen LogP contribution in [0.4, 0.5) is 24.7 Å². The molecule has 1 aromatic heterocycles. The van der Waals surface area contributed by atoms with Crippen molar-refractivity contribution in [2.24, 2.45) is 0 Å². The predicted molar refractivity (Wildman–Crippen MR) is 123 cm³/mol. The van der Waals surface area contributed by atoms with Gasteiger partial charge in [0.05, 0.1) is 12.6 Å². The highest BCUT2D eigenvalue weighted by atomic mass is 19.4. The Balaban J connectivity index is 1.43. The van der Waals surface area contributed by atoms with Gasteiger partial charge in [0, 0.05) is 35.3 Å². The number of alkyl halides is 3. The predicted octanol–water partition coefficient (Wildman–Crippen LogP) is 6.37. The number of fused-ring (bicyclic) bond motifs is 1. The Kier molecular flexibility index (Phi) is 6.53. The van der Waals surface area contributed by atoms with Gasteiger partial charge in [0.1, 0.15) is 17.3 Å². The molecule has 5 nitrogen and oxygen atoms in total. The molecule has 0 aliphatic heterocycles. The highest BCUT2D eigenvalue weighted by molar-refractivity contribution is 5.83. The molecule has 3 aromatic carbocycles. The zero-order chi connectivity index (χ0) is 23.3. The van der Waals surface area contributed by atoms with Crippen LogP contribution in [0.15, 0.2) is 78.9 Å². The minimum Gasteiger partial charge on any atom is -0.496 e. The van der Waals surface area contributed by atoms with E-state index in [1.807, 2.05) is 54.6 Å². The van der Waals surface area contributed by atoms with Crippen molar-refractivity contribution in [2.45, 2.75) is 19.5 Å². The number of benzene rings is 3. The van der Waals surface area contributed by atoms with Crippen LogP contribution < -0.4 is 20.1 Å². The summed E-state index contributed by atoms with van der Waals surface area (Å²) in [6, 6.07) is 23.3. The van der Waals surface area contributed by atoms with Crippen LogP contribution in [0.1, 0.15) is 11.1 Å². The molecule has 8 heteroatoms. The van der Waals surface area contributed by atoms with Crippen molar-refractivity contribution in [1.29, 1.82) is 0 Å². The van der Waals surface area contributed by atoms with E-state index in [9.17, 15) is 13.2 Å². The third-order valence-corrected chi connectivity index (χ3v) is 5.02. The summed E-state index contributed by atoms with van der Waals surface area (Å²) in [7, 11) is 1.64. The van der Waals surface area contributed by atoms with E-state index < -0.39 is 6.36 Å². The molecule has 0 fully saturated rings. The number of anilines is 2. The average Bonchev–Trinajstić information content (AvgIpc) is 2.81. The fraction of sp³-hybridized carbons (Fsp3) is 0.160. The second-order valence-electron chi connectivity index (χ2n) is 7.28. The minimum atomic E-state index is -4.73. The molecule has 0 atom stereocenters. The highest BCUT2D eigenvalue weighted by Gasteiger charge is 2.31. The summed E-state index contributed by atoms with van der Waals surface area (Å²) >= 11 is 0. The number of pyridine rings is 1. The van der Waals surface area contributed by atoms with E-state index in [-0.39, 0.29) is 12.3 Å². The van der Waals surface area contributed by atoms with Crippen molar-refractivity contribution >= 4 is 22.4 Å². The van der Waals surface area contributed by atoms with Crippen LogP contribution in [0, 0.1) is 0 Å². The van der Waals surface area contributed by atoms with E-state index in [4.69, 9.17) is 4.74 Å². The van der Waals surface area contributed by atoms with Gasteiger partial charge in [-0.1, -0.05) is 36.4 Å². The van der Waals surface area contributed by atoms with E-state index in [1.165, 1.54) is 12.1 Å². The van der Waals surface area contributed by atoms with E-state index in [1.54, 1.807) is 19.2 Å². The number of halogens is 3. The van der Waals surface area contributed by atoms with Crippen LogP contribution in [0.3, 0.4) is 0 Å². The number of methoxy groups -OCH3 is 1.